The van der Waals surface area contributed by atoms with Crippen LogP contribution in [-0.4, -0.2) is 32.5 Å². The summed E-state index contributed by atoms with van der Waals surface area (Å²) < 4.78 is 40.6. The van der Waals surface area contributed by atoms with Gasteiger partial charge in [-0.25, -0.2) is 9.36 Å². The number of aromatic hydroxyl groups is 1. The molecule has 1 amide bonds. The molecule has 3 aromatic rings. The Morgan fingerprint density at radius 1 is 1.03 bits per heavy atom. The first kappa shape index (κ1) is 23.5. The van der Waals surface area contributed by atoms with E-state index in [1.807, 2.05) is 0 Å². The van der Waals surface area contributed by atoms with Crippen LogP contribution < -0.4 is 16.6 Å². The van der Waals surface area contributed by atoms with Gasteiger partial charge in [0, 0.05) is 0 Å². The number of rotatable bonds is 6. The van der Waals surface area contributed by atoms with E-state index in [1.54, 1.807) is 30.3 Å². The Bertz CT molecular complexity index is 1330. The fraction of sp³-hybridized carbons (Fsp3) is 0.182. The molecule has 11 heteroatoms. The van der Waals surface area contributed by atoms with Gasteiger partial charge >= 0.3 is 11.9 Å². The van der Waals surface area contributed by atoms with E-state index in [0.717, 1.165) is 18.2 Å². The molecule has 0 saturated carbocycles. The first-order valence-corrected chi connectivity index (χ1v) is 9.58. The third kappa shape index (κ3) is 5.03. The predicted octanol–water partition coefficient (Wildman–Crippen LogP) is 2.09. The molecule has 0 spiro atoms. The average Bonchev–Trinajstić information content (AvgIpc) is 2.75. The number of carbonyl (C=O) groups is 2. The normalized spacial score (nSPS) is 11.3. The predicted molar refractivity (Wildman–Crippen MR) is 112 cm³/mol. The Morgan fingerprint density at radius 2 is 1.70 bits per heavy atom. The quantitative estimate of drug-likeness (QED) is 0.584. The molecule has 2 aromatic carbocycles. The molecule has 0 bridgehead atoms. The highest BCUT2D eigenvalue weighted by Crippen LogP contribution is 2.30. The summed E-state index contributed by atoms with van der Waals surface area (Å²) in [5.41, 5.74) is -4.41. The zero-order valence-corrected chi connectivity index (χ0v) is 17.2. The summed E-state index contributed by atoms with van der Waals surface area (Å²) in [6.45, 7) is 0.439. The number of hydrogen-bond donors (Lipinski definition) is 2. The zero-order valence-electron chi connectivity index (χ0n) is 17.2. The number of benzene rings is 2. The number of halogens is 3. The Hall–Kier alpha value is -4.15. The second kappa shape index (κ2) is 9.15. The van der Waals surface area contributed by atoms with E-state index >= 15 is 0 Å². The van der Waals surface area contributed by atoms with Crippen molar-refractivity contribution >= 4 is 11.7 Å². The summed E-state index contributed by atoms with van der Waals surface area (Å²) in [5.74, 6) is -2.58. The number of alkyl halides is 3. The van der Waals surface area contributed by atoms with Crippen LogP contribution >= 0.6 is 0 Å². The van der Waals surface area contributed by atoms with Gasteiger partial charge in [0.1, 0.15) is 5.78 Å². The van der Waals surface area contributed by atoms with E-state index in [-0.39, 0.29) is 6.54 Å². The van der Waals surface area contributed by atoms with E-state index in [2.05, 4.69) is 5.32 Å². The van der Waals surface area contributed by atoms with Crippen molar-refractivity contribution in [1.82, 2.24) is 14.5 Å². The lowest BCUT2D eigenvalue weighted by Crippen LogP contribution is -2.44. The summed E-state index contributed by atoms with van der Waals surface area (Å²) in [4.78, 5) is 49.9. The molecule has 0 aliphatic carbocycles. The van der Waals surface area contributed by atoms with E-state index in [0.29, 0.717) is 20.8 Å². The molecule has 172 valence electrons. The van der Waals surface area contributed by atoms with Crippen LogP contribution in [0.2, 0.25) is 0 Å². The maximum absolute atomic E-state index is 13.2. The minimum absolute atomic E-state index is 0.280. The van der Waals surface area contributed by atoms with Crippen LogP contribution in [0.3, 0.4) is 0 Å². The van der Waals surface area contributed by atoms with Gasteiger partial charge in [-0.05, 0) is 30.7 Å². The second-order valence-corrected chi connectivity index (χ2v) is 7.13. The van der Waals surface area contributed by atoms with Gasteiger partial charge in [0.2, 0.25) is 5.88 Å². The van der Waals surface area contributed by atoms with Gasteiger partial charge in [-0.15, -0.1) is 0 Å². The van der Waals surface area contributed by atoms with E-state index in [9.17, 15) is 37.5 Å². The van der Waals surface area contributed by atoms with Crippen molar-refractivity contribution in [3.05, 3.63) is 92.1 Å². The smallest absolute Gasteiger partial charge is 0.416 e. The molecule has 33 heavy (non-hydrogen) atoms. The second-order valence-electron chi connectivity index (χ2n) is 7.13. The molecule has 0 unspecified atom stereocenters. The number of ketones is 1. The van der Waals surface area contributed by atoms with E-state index < -0.39 is 58.4 Å². The lowest BCUT2D eigenvalue weighted by atomic mass is 10.2. The Morgan fingerprint density at radius 3 is 2.30 bits per heavy atom. The van der Waals surface area contributed by atoms with Crippen LogP contribution in [-0.2, 0) is 17.5 Å². The maximum atomic E-state index is 13.2. The lowest BCUT2D eigenvalue weighted by molar-refractivity contribution is -0.137. The summed E-state index contributed by atoms with van der Waals surface area (Å²) >= 11 is 0. The van der Waals surface area contributed by atoms with Gasteiger partial charge in [0.15, 0.2) is 5.56 Å². The summed E-state index contributed by atoms with van der Waals surface area (Å²) in [5, 5.41) is 12.8. The molecule has 0 aliphatic rings. The van der Waals surface area contributed by atoms with Crippen LogP contribution in [0, 0.1) is 0 Å². The van der Waals surface area contributed by atoms with Crippen molar-refractivity contribution in [3.63, 3.8) is 0 Å². The topological polar surface area (TPSA) is 110 Å². The molecule has 1 heterocycles. The minimum atomic E-state index is -4.75. The highest BCUT2D eigenvalue weighted by atomic mass is 19.4. The van der Waals surface area contributed by atoms with E-state index in [4.69, 9.17) is 0 Å². The van der Waals surface area contributed by atoms with Gasteiger partial charge in [-0.1, -0.05) is 36.4 Å². The molecule has 1 aromatic heterocycles. The zero-order chi connectivity index (χ0) is 24.3. The van der Waals surface area contributed by atoms with Crippen LogP contribution in [0.15, 0.2) is 64.2 Å². The first-order chi connectivity index (χ1) is 15.5. The monoisotopic (exact) mass is 461 g/mol. The third-order valence-corrected chi connectivity index (χ3v) is 4.66. The Balaban J connectivity index is 2.28. The lowest BCUT2D eigenvalue weighted by Gasteiger charge is -2.16. The van der Waals surface area contributed by atoms with Crippen LogP contribution in [0.4, 0.5) is 13.2 Å². The minimum Gasteiger partial charge on any atom is -0.494 e. The van der Waals surface area contributed by atoms with E-state index in [1.165, 1.54) is 6.92 Å². The van der Waals surface area contributed by atoms with Crippen molar-refractivity contribution < 1.29 is 27.9 Å². The SMILES string of the molecule is CC(=O)CNC(=O)c1c(O)n(Cc2ccccc2)c(=O)n(-c2cccc(C(F)(F)F)c2)c1=O. The molecule has 0 saturated heterocycles. The molecule has 0 atom stereocenters. The number of hydrogen-bond acceptors (Lipinski definition) is 5. The molecule has 2 N–H and O–H groups in total. The molecule has 0 radical (unpaired) electrons. The summed E-state index contributed by atoms with van der Waals surface area (Å²) in [6, 6.07) is 11.7. The number of carbonyl (C=O) groups excluding carboxylic acids is 2. The molecular formula is C22H18F3N3O5. The number of nitrogens with zero attached hydrogens (tertiary/aromatic N) is 2. The van der Waals surface area contributed by atoms with Crippen molar-refractivity contribution in [3.8, 4) is 11.6 Å². The molecule has 0 fully saturated rings. The number of Topliss-reactive ketones (excluding diaryl/α,β-unsaturated/α-hetero) is 1. The third-order valence-electron chi connectivity index (χ3n) is 4.66. The Labute approximate surface area is 184 Å². The highest BCUT2D eigenvalue weighted by Gasteiger charge is 2.31. The largest absolute Gasteiger partial charge is 0.494 e. The maximum Gasteiger partial charge on any atom is 0.416 e. The van der Waals surface area contributed by atoms with Gasteiger partial charge in [-0.2, -0.15) is 13.2 Å². The standard InChI is InChI=1S/C22H18F3N3O5/c1-13(29)11-26-18(30)17-19(31)27(12-14-6-3-2-4-7-14)21(33)28(20(17)32)16-9-5-8-15(10-16)22(23,24)25/h2-10,31H,11-12H2,1H3,(H,26,30). The van der Waals surface area contributed by atoms with Gasteiger partial charge in [0.05, 0.1) is 24.3 Å². The van der Waals surface area contributed by atoms with Crippen LogP contribution in [0.1, 0.15) is 28.4 Å². The number of amides is 1. The highest BCUT2D eigenvalue weighted by molar-refractivity contribution is 5.98. The Kier molecular flexibility index (Phi) is 6.52. The first-order valence-electron chi connectivity index (χ1n) is 9.58. The molecule has 8 nitrogen and oxygen atoms in total. The number of aromatic nitrogens is 2. The van der Waals surface area contributed by atoms with Crippen molar-refractivity contribution in [2.75, 3.05) is 6.54 Å². The fourth-order valence-corrected chi connectivity index (χ4v) is 3.09. The molecule has 3 rings (SSSR count). The molecular weight excluding hydrogens is 443 g/mol. The summed E-state index contributed by atoms with van der Waals surface area (Å²) in [6.07, 6.45) is -4.75. The average molecular weight is 461 g/mol. The van der Waals surface area contributed by atoms with Gasteiger partial charge in [0.25, 0.3) is 11.5 Å². The van der Waals surface area contributed by atoms with Gasteiger partial charge in [-0.3, -0.25) is 19.0 Å². The molecule has 0 aliphatic heterocycles. The van der Waals surface area contributed by atoms with Crippen LogP contribution in [0.25, 0.3) is 5.69 Å². The van der Waals surface area contributed by atoms with Gasteiger partial charge < -0.3 is 10.4 Å². The van der Waals surface area contributed by atoms with Crippen molar-refractivity contribution in [1.29, 1.82) is 0 Å². The fourth-order valence-electron chi connectivity index (χ4n) is 3.09. The summed E-state index contributed by atoms with van der Waals surface area (Å²) in [7, 11) is 0. The number of nitrogens with one attached hydrogen (secondary N) is 1. The van der Waals surface area contributed by atoms with Crippen LogP contribution in [0.5, 0.6) is 5.88 Å². The van der Waals surface area contributed by atoms with Crippen molar-refractivity contribution in [2.45, 2.75) is 19.6 Å². The van der Waals surface area contributed by atoms with Crippen molar-refractivity contribution in [2.24, 2.45) is 0 Å².